The first-order valence-corrected chi connectivity index (χ1v) is 11.3. The molecule has 36 heavy (non-hydrogen) atoms. The summed E-state index contributed by atoms with van der Waals surface area (Å²) in [5.41, 5.74) is -0.164. The molecule has 0 atom stereocenters. The van der Waals surface area contributed by atoms with Gasteiger partial charge in [0.05, 0.1) is 23.3 Å². The van der Waals surface area contributed by atoms with Gasteiger partial charge in [-0.3, -0.25) is 10.1 Å². The molecule has 0 aliphatic carbocycles. The first kappa shape index (κ1) is 28.4. The number of halogens is 3. The third-order valence-electron chi connectivity index (χ3n) is 4.50. The molecule has 7 nitrogen and oxygen atoms in total. The van der Waals surface area contributed by atoms with Gasteiger partial charge in [0.15, 0.2) is 5.13 Å². The maximum atomic E-state index is 13.0. The molecule has 1 aromatic heterocycles. The summed E-state index contributed by atoms with van der Waals surface area (Å²) in [5.74, 6) is 5.19. The van der Waals surface area contributed by atoms with E-state index in [2.05, 4.69) is 34.0 Å². The number of hydrogen-bond acceptors (Lipinski definition) is 5. The Morgan fingerprint density at radius 2 is 2.03 bits per heavy atom. The largest absolute Gasteiger partial charge is 0.416 e. The predicted octanol–water partition coefficient (Wildman–Crippen LogP) is 5.21. The molecule has 2 N–H and O–H groups in total. The average molecular weight is 519 g/mol. The van der Waals surface area contributed by atoms with Crippen LogP contribution in [0.15, 0.2) is 66.4 Å². The first-order valence-electron chi connectivity index (χ1n) is 10.5. The number of benzene rings is 1. The van der Waals surface area contributed by atoms with Crippen LogP contribution in [0.2, 0.25) is 0 Å². The van der Waals surface area contributed by atoms with Crippen molar-refractivity contribution in [2.24, 2.45) is 0 Å². The minimum Gasteiger partial charge on any atom is -0.383 e. The normalized spacial score (nSPS) is 11.8. The third-order valence-corrected chi connectivity index (χ3v) is 5.33. The number of rotatable bonds is 8. The van der Waals surface area contributed by atoms with Crippen LogP contribution in [0.3, 0.4) is 0 Å². The number of amides is 3. The molecule has 11 heteroatoms. The second-order valence-corrected chi connectivity index (χ2v) is 8.37. The number of urea groups is 1. The van der Waals surface area contributed by atoms with Gasteiger partial charge in [-0.25, -0.2) is 9.78 Å². The summed E-state index contributed by atoms with van der Waals surface area (Å²) < 4.78 is 44.1. The molecule has 0 bridgehead atoms. The summed E-state index contributed by atoms with van der Waals surface area (Å²) >= 11 is 1.20. The van der Waals surface area contributed by atoms with Crippen molar-refractivity contribution < 1.29 is 27.5 Å². The van der Waals surface area contributed by atoms with Crippen molar-refractivity contribution in [3.8, 4) is 11.8 Å². The van der Waals surface area contributed by atoms with E-state index in [9.17, 15) is 22.8 Å². The van der Waals surface area contributed by atoms with E-state index in [-0.39, 0.29) is 11.6 Å². The molecule has 0 aliphatic heterocycles. The number of nitrogens with zero attached hydrogens (tertiary/aromatic N) is 2. The Balaban J connectivity index is 2.07. The van der Waals surface area contributed by atoms with Gasteiger partial charge in [0.2, 0.25) is 0 Å². The molecule has 2 rings (SSSR count). The van der Waals surface area contributed by atoms with Crippen molar-refractivity contribution in [1.82, 2.24) is 9.88 Å². The molecule has 1 heterocycles. The Hall–Kier alpha value is -3.88. The lowest BCUT2D eigenvalue weighted by Crippen LogP contribution is -2.33. The standard InChI is InChI=1S/C25H25F3N4O3S/c1-5-7-19(25(26,27)28)14-17(2)22(33)30-20-9-6-8-18(15-20)10-11-21-16-29-23(36-21)31-24(34)32(3)12-13-35-4/h5-9,14-16H,1,12-13H2,2-4H3,(H,30,33)(H,29,31,34)/b17-14+,19-7+. The lowest BCUT2D eigenvalue weighted by molar-refractivity contribution is -0.112. The molecule has 0 spiro atoms. The van der Waals surface area contributed by atoms with Crippen molar-refractivity contribution in [2.75, 3.05) is 37.9 Å². The van der Waals surface area contributed by atoms with E-state index in [0.717, 1.165) is 18.2 Å². The fraction of sp³-hybridized carbons (Fsp3) is 0.240. The van der Waals surface area contributed by atoms with Crippen molar-refractivity contribution in [3.63, 3.8) is 0 Å². The van der Waals surface area contributed by atoms with Crippen LogP contribution >= 0.6 is 11.3 Å². The number of carbonyl (C=O) groups is 2. The van der Waals surface area contributed by atoms with Crippen LogP contribution in [-0.4, -0.2) is 55.3 Å². The summed E-state index contributed by atoms with van der Waals surface area (Å²) in [6.07, 6.45) is -0.519. The summed E-state index contributed by atoms with van der Waals surface area (Å²) in [4.78, 5) is 30.7. The molecule has 0 radical (unpaired) electrons. The van der Waals surface area contributed by atoms with Crippen LogP contribution in [0, 0.1) is 11.8 Å². The van der Waals surface area contributed by atoms with E-state index in [1.165, 1.54) is 29.4 Å². The highest BCUT2D eigenvalue weighted by Gasteiger charge is 2.32. The number of thiazole rings is 1. The average Bonchev–Trinajstić information content (AvgIpc) is 3.27. The number of methoxy groups -OCH3 is 1. The van der Waals surface area contributed by atoms with Crippen molar-refractivity contribution in [1.29, 1.82) is 0 Å². The van der Waals surface area contributed by atoms with Gasteiger partial charge in [-0.05, 0) is 37.1 Å². The first-order chi connectivity index (χ1) is 17.0. The van der Waals surface area contributed by atoms with Crippen LogP contribution in [0.4, 0.5) is 28.8 Å². The predicted molar refractivity (Wildman–Crippen MR) is 135 cm³/mol. The van der Waals surface area contributed by atoms with Gasteiger partial charge in [0.25, 0.3) is 5.91 Å². The Morgan fingerprint density at radius 3 is 2.69 bits per heavy atom. The molecule has 0 saturated heterocycles. The summed E-state index contributed by atoms with van der Waals surface area (Å²) in [6.45, 7) is 5.40. The van der Waals surface area contributed by atoms with Gasteiger partial charge in [0, 0.05) is 37.5 Å². The van der Waals surface area contributed by atoms with Crippen molar-refractivity contribution in [2.45, 2.75) is 13.1 Å². The third kappa shape index (κ3) is 9.05. The van der Waals surface area contributed by atoms with Crippen molar-refractivity contribution in [3.05, 3.63) is 76.9 Å². The highest BCUT2D eigenvalue weighted by molar-refractivity contribution is 7.16. The lowest BCUT2D eigenvalue weighted by atomic mass is 10.1. The Kier molecular flexibility index (Phi) is 10.5. The molecule has 2 aromatic rings. The number of likely N-dealkylation sites (N-methyl/N-ethyl adjacent to an activating group) is 1. The van der Waals surface area contributed by atoms with E-state index in [1.54, 1.807) is 38.4 Å². The fourth-order valence-corrected chi connectivity index (χ4v) is 3.25. The fourth-order valence-electron chi connectivity index (χ4n) is 2.59. The zero-order valence-electron chi connectivity index (χ0n) is 19.9. The van der Waals surface area contributed by atoms with E-state index in [1.807, 2.05) is 0 Å². The van der Waals surface area contributed by atoms with Crippen LogP contribution in [0.25, 0.3) is 0 Å². The highest BCUT2D eigenvalue weighted by Crippen LogP contribution is 2.27. The second kappa shape index (κ2) is 13.3. The van der Waals surface area contributed by atoms with Gasteiger partial charge in [0.1, 0.15) is 0 Å². The Morgan fingerprint density at radius 1 is 1.28 bits per heavy atom. The number of hydrogen-bond donors (Lipinski definition) is 2. The van der Waals surface area contributed by atoms with Gasteiger partial charge in [-0.2, -0.15) is 13.2 Å². The van der Waals surface area contributed by atoms with E-state index < -0.39 is 17.7 Å². The summed E-state index contributed by atoms with van der Waals surface area (Å²) in [6, 6.07) is 6.24. The number of carbonyl (C=O) groups excluding carboxylic acids is 2. The molecule has 3 amide bonds. The van der Waals surface area contributed by atoms with Crippen LogP contribution < -0.4 is 10.6 Å². The molecule has 190 valence electrons. The van der Waals surface area contributed by atoms with E-state index >= 15 is 0 Å². The molecule has 0 unspecified atom stereocenters. The number of allylic oxidation sites excluding steroid dienone is 4. The molecule has 0 saturated carbocycles. The number of nitrogens with one attached hydrogen (secondary N) is 2. The topological polar surface area (TPSA) is 83.6 Å². The maximum Gasteiger partial charge on any atom is 0.416 e. The monoisotopic (exact) mass is 518 g/mol. The summed E-state index contributed by atoms with van der Waals surface area (Å²) in [7, 11) is 3.19. The number of aromatic nitrogens is 1. The van der Waals surface area contributed by atoms with Gasteiger partial charge < -0.3 is 15.0 Å². The quantitative estimate of drug-likeness (QED) is 0.285. The molecular weight excluding hydrogens is 493 g/mol. The summed E-state index contributed by atoms with van der Waals surface area (Å²) in [5, 5.41) is 5.63. The second-order valence-electron chi connectivity index (χ2n) is 7.34. The Labute approximate surface area is 211 Å². The van der Waals surface area contributed by atoms with Crippen LogP contribution in [-0.2, 0) is 9.53 Å². The van der Waals surface area contributed by atoms with E-state index in [4.69, 9.17) is 4.74 Å². The molecular formula is C25H25F3N4O3S. The SMILES string of the molecule is C=C/C=C(\C=C(/C)C(=O)Nc1cccc(C#Cc2cnc(NC(=O)N(C)CCOC)s2)c1)C(F)(F)F. The Bertz CT molecular complexity index is 1220. The van der Waals surface area contributed by atoms with Crippen LogP contribution in [0.5, 0.6) is 0 Å². The molecule has 1 aromatic carbocycles. The molecule has 0 fully saturated rings. The van der Waals surface area contributed by atoms with Crippen molar-refractivity contribution >= 4 is 34.1 Å². The lowest BCUT2D eigenvalue weighted by Gasteiger charge is -2.15. The highest BCUT2D eigenvalue weighted by atomic mass is 32.1. The van der Waals surface area contributed by atoms with Gasteiger partial charge in [-0.15, -0.1) is 0 Å². The van der Waals surface area contributed by atoms with Gasteiger partial charge in [-0.1, -0.05) is 42.1 Å². The maximum absolute atomic E-state index is 13.0. The zero-order chi connectivity index (χ0) is 26.7. The minimum atomic E-state index is -4.61. The number of ether oxygens (including phenoxy) is 1. The molecule has 0 aliphatic rings. The van der Waals surface area contributed by atoms with E-state index in [0.29, 0.717) is 34.4 Å². The van der Waals surface area contributed by atoms with Crippen LogP contribution in [0.1, 0.15) is 17.4 Å². The number of anilines is 2. The minimum absolute atomic E-state index is 0.121. The zero-order valence-corrected chi connectivity index (χ0v) is 20.7. The number of alkyl halides is 3. The van der Waals surface area contributed by atoms with Gasteiger partial charge >= 0.3 is 12.2 Å². The smallest absolute Gasteiger partial charge is 0.383 e.